The van der Waals surface area contributed by atoms with E-state index in [4.69, 9.17) is 4.74 Å². The molecule has 8 heteroatoms. The summed E-state index contributed by atoms with van der Waals surface area (Å²) in [4.78, 5) is 13.9. The van der Waals surface area contributed by atoms with E-state index in [9.17, 15) is 26.7 Å². The van der Waals surface area contributed by atoms with E-state index in [0.717, 1.165) is 6.07 Å². The summed E-state index contributed by atoms with van der Waals surface area (Å²) in [6.45, 7) is 3.37. The van der Waals surface area contributed by atoms with Crippen molar-refractivity contribution >= 4 is 5.91 Å². The van der Waals surface area contributed by atoms with Gasteiger partial charge in [-0.3, -0.25) is 4.79 Å². The molecule has 3 rings (SSSR count). The molecular weight excluding hydrogens is 369 g/mol. The van der Waals surface area contributed by atoms with Gasteiger partial charge in [0.05, 0.1) is 11.7 Å². The Bertz CT molecular complexity index is 730. The number of nitrogens with zero attached hydrogens (tertiary/aromatic N) is 1. The molecule has 0 N–H and O–H groups in total. The average molecular weight is 391 g/mol. The molecule has 1 aliphatic heterocycles. The van der Waals surface area contributed by atoms with Gasteiger partial charge in [-0.25, -0.2) is 8.78 Å². The van der Waals surface area contributed by atoms with E-state index in [-0.39, 0.29) is 55.1 Å². The lowest BCUT2D eigenvalue weighted by molar-refractivity contribution is -0.138. The lowest BCUT2D eigenvalue weighted by Crippen LogP contribution is -2.30. The van der Waals surface area contributed by atoms with Crippen LogP contribution in [0.15, 0.2) is 12.1 Å². The minimum atomic E-state index is -4.63. The first-order valence-electron chi connectivity index (χ1n) is 9.07. The first-order chi connectivity index (χ1) is 12.5. The summed E-state index contributed by atoms with van der Waals surface area (Å²) in [7, 11) is 0. The molecule has 2 aliphatic rings. The molecular formula is C19H22F5NO2. The lowest BCUT2D eigenvalue weighted by Gasteiger charge is -2.20. The summed E-state index contributed by atoms with van der Waals surface area (Å²) < 4.78 is 73.2. The fourth-order valence-corrected chi connectivity index (χ4v) is 3.68. The maximum absolute atomic E-state index is 13.5. The van der Waals surface area contributed by atoms with Crippen molar-refractivity contribution in [2.45, 2.75) is 76.7 Å². The van der Waals surface area contributed by atoms with Gasteiger partial charge in [0, 0.05) is 31.0 Å². The number of amides is 1. The fraction of sp³-hybridized carbons (Fsp3) is 0.632. The molecule has 0 saturated heterocycles. The van der Waals surface area contributed by atoms with Crippen LogP contribution in [0, 0.1) is 0 Å². The molecule has 1 unspecified atom stereocenters. The summed E-state index contributed by atoms with van der Waals surface area (Å²) in [6, 6.07) is 1.97. The topological polar surface area (TPSA) is 29.5 Å². The van der Waals surface area contributed by atoms with E-state index >= 15 is 0 Å². The third-order valence-corrected chi connectivity index (χ3v) is 5.18. The minimum absolute atomic E-state index is 0.0209. The third kappa shape index (κ3) is 4.19. The molecule has 1 aromatic rings. The highest BCUT2D eigenvalue weighted by molar-refractivity contribution is 5.99. The van der Waals surface area contributed by atoms with Gasteiger partial charge in [-0.1, -0.05) is 0 Å². The molecule has 0 aromatic heterocycles. The average Bonchev–Trinajstić information content (AvgIpc) is 2.78. The van der Waals surface area contributed by atoms with Crippen LogP contribution in [0.4, 0.5) is 22.0 Å². The molecule has 3 nitrogen and oxygen atoms in total. The third-order valence-electron chi connectivity index (χ3n) is 5.18. The van der Waals surface area contributed by atoms with Crippen LogP contribution in [-0.4, -0.2) is 28.9 Å². The molecule has 1 aromatic carbocycles. The molecule has 150 valence electrons. The van der Waals surface area contributed by atoms with Crippen molar-refractivity contribution < 1.29 is 31.5 Å². The predicted molar refractivity (Wildman–Crippen MR) is 88.9 cm³/mol. The highest BCUT2D eigenvalue weighted by Crippen LogP contribution is 2.41. The number of hydrogen-bond donors (Lipinski definition) is 0. The molecule has 27 heavy (non-hydrogen) atoms. The highest BCUT2D eigenvalue weighted by Gasteiger charge is 2.41. The molecule has 0 radical (unpaired) electrons. The summed E-state index contributed by atoms with van der Waals surface area (Å²) in [5.41, 5.74) is -0.973. The number of fused-ring (bicyclic) bond motifs is 1. The van der Waals surface area contributed by atoms with Crippen molar-refractivity contribution in [1.82, 2.24) is 4.90 Å². The molecule has 1 atom stereocenters. The normalized spacial score (nSPS) is 22.7. The maximum atomic E-state index is 13.5. The zero-order valence-corrected chi connectivity index (χ0v) is 15.2. The molecule has 1 saturated carbocycles. The molecule has 0 bridgehead atoms. The molecule has 0 spiro atoms. The first-order valence-corrected chi connectivity index (χ1v) is 9.07. The standard InChI is InChI=1S/C19H22F5NO2/c1-11(2)25-10-15-14(17(25)26)8-13(9-16(15)19(22,23)24)27-12-4-3-6-18(20,21)7-5-12/h8-9,11-12H,3-7,10H2,1-2H3. The van der Waals surface area contributed by atoms with E-state index < -0.39 is 29.7 Å². The molecule has 1 fully saturated rings. The second-order valence-corrected chi connectivity index (χ2v) is 7.55. The quantitative estimate of drug-likeness (QED) is 0.509. The van der Waals surface area contributed by atoms with Crippen molar-refractivity contribution in [1.29, 1.82) is 0 Å². The van der Waals surface area contributed by atoms with E-state index in [1.165, 1.54) is 11.0 Å². The number of halogens is 5. The van der Waals surface area contributed by atoms with Crippen molar-refractivity contribution in [3.8, 4) is 5.75 Å². The van der Waals surface area contributed by atoms with Crippen LogP contribution >= 0.6 is 0 Å². The van der Waals surface area contributed by atoms with Gasteiger partial charge in [0.1, 0.15) is 5.75 Å². The van der Waals surface area contributed by atoms with Crippen LogP contribution in [0.3, 0.4) is 0 Å². The van der Waals surface area contributed by atoms with Crippen LogP contribution in [0.5, 0.6) is 5.75 Å². The highest BCUT2D eigenvalue weighted by atomic mass is 19.4. The van der Waals surface area contributed by atoms with Gasteiger partial charge in [0.25, 0.3) is 5.91 Å². The summed E-state index contributed by atoms with van der Waals surface area (Å²) >= 11 is 0. The maximum Gasteiger partial charge on any atom is 0.416 e. The number of alkyl halides is 5. The van der Waals surface area contributed by atoms with Gasteiger partial charge >= 0.3 is 6.18 Å². The SMILES string of the molecule is CC(C)N1Cc2c(cc(OC3CCCC(F)(F)CC3)cc2C(F)(F)F)C1=O. The Balaban J connectivity index is 1.91. The number of carbonyl (C=O) groups excluding carboxylic acids is 1. The summed E-state index contributed by atoms with van der Waals surface area (Å²) in [5.74, 6) is -3.32. The Hall–Kier alpha value is -1.86. The fourth-order valence-electron chi connectivity index (χ4n) is 3.68. The zero-order valence-electron chi connectivity index (χ0n) is 15.2. The van der Waals surface area contributed by atoms with E-state index in [2.05, 4.69) is 0 Å². The van der Waals surface area contributed by atoms with Crippen molar-refractivity contribution in [2.24, 2.45) is 0 Å². The van der Waals surface area contributed by atoms with Crippen LogP contribution in [0.1, 0.15) is 67.4 Å². The summed E-state index contributed by atoms with van der Waals surface area (Å²) in [5, 5.41) is 0. The van der Waals surface area contributed by atoms with Crippen LogP contribution < -0.4 is 4.74 Å². The Morgan fingerprint density at radius 2 is 1.89 bits per heavy atom. The van der Waals surface area contributed by atoms with Crippen LogP contribution in [0.2, 0.25) is 0 Å². The van der Waals surface area contributed by atoms with Crippen molar-refractivity contribution in [2.75, 3.05) is 0 Å². The molecule has 1 aliphatic carbocycles. The Morgan fingerprint density at radius 1 is 1.19 bits per heavy atom. The smallest absolute Gasteiger partial charge is 0.416 e. The number of ether oxygens (including phenoxy) is 1. The lowest BCUT2D eigenvalue weighted by atomic mass is 10.0. The Labute approximate surface area is 154 Å². The van der Waals surface area contributed by atoms with Gasteiger partial charge in [-0.05, 0) is 50.8 Å². The minimum Gasteiger partial charge on any atom is -0.490 e. The van der Waals surface area contributed by atoms with E-state index in [1.54, 1.807) is 13.8 Å². The van der Waals surface area contributed by atoms with Crippen LogP contribution in [-0.2, 0) is 12.7 Å². The van der Waals surface area contributed by atoms with Gasteiger partial charge in [-0.15, -0.1) is 0 Å². The molecule has 1 heterocycles. The Morgan fingerprint density at radius 3 is 2.52 bits per heavy atom. The van der Waals surface area contributed by atoms with Crippen molar-refractivity contribution in [3.05, 3.63) is 28.8 Å². The van der Waals surface area contributed by atoms with Gasteiger partial charge in [0.15, 0.2) is 0 Å². The van der Waals surface area contributed by atoms with Gasteiger partial charge in [0.2, 0.25) is 5.92 Å². The van der Waals surface area contributed by atoms with E-state index in [0.29, 0.717) is 6.42 Å². The predicted octanol–water partition coefficient (Wildman–Crippen LogP) is 5.42. The largest absolute Gasteiger partial charge is 0.490 e. The second-order valence-electron chi connectivity index (χ2n) is 7.55. The second kappa shape index (κ2) is 6.95. The molecule has 1 amide bonds. The van der Waals surface area contributed by atoms with Gasteiger partial charge < -0.3 is 9.64 Å². The van der Waals surface area contributed by atoms with Crippen LogP contribution in [0.25, 0.3) is 0 Å². The Kier molecular flexibility index (Phi) is 5.12. The van der Waals surface area contributed by atoms with Crippen molar-refractivity contribution in [3.63, 3.8) is 0 Å². The number of carbonyl (C=O) groups is 1. The van der Waals surface area contributed by atoms with E-state index in [1.807, 2.05) is 0 Å². The first kappa shape index (κ1) is 19.9. The number of benzene rings is 1. The zero-order chi connectivity index (χ0) is 20.0. The number of rotatable bonds is 3. The number of hydrogen-bond acceptors (Lipinski definition) is 2. The summed E-state index contributed by atoms with van der Waals surface area (Å²) in [6.07, 6.45) is -5.16. The van der Waals surface area contributed by atoms with Gasteiger partial charge in [-0.2, -0.15) is 13.2 Å². The monoisotopic (exact) mass is 391 g/mol.